The van der Waals surface area contributed by atoms with Gasteiger partial charge in [-0.2, -0.15) is 0 Å². The SMILES string of the molecule is O=CN[C@H]1CC[C@H]2[C@H]3Cc4ccccc4[C@@]2(CCN3)C1. The molecule has 1 saturated carbocycles. The van der Waals surface area contributed by atoms with Gasteiger partial charge >= 0.3 is 0 Å². The van der Waals surface area contributed by atoms with E-state index in [1.54, 1.807) is 5.56 Å². The van der Waals surface area contributed by atoms with Crippen LogP contribution in [0.3, 0.4) is 0 Å². The van der Waals surface area contributed by atoms with Crippen molar-refractivity contribution in [1.82, 2.24) is 10.6 Å². The lowest BCUT2D eigenvalue weighted by atomic mass is 9.52. The summed E-state index contributed by atoms with van der Waals surface area (Å²) < 4.78 is 0. The summed E-state index contributed by atoms with van der Waals surface area (Å²) in [5, 5.41) is 6.79. The minimum atomic E-state index is 0.295. The molecule has 2 N–H and O–H groups in total. The molecular weight excluding hydrogens is 248 g/mol. The minimum Gasteiger partial charge on any atom is -0.356 e. The van der Waals surface area contributed by atoms with Crippen molar-refractivity contribution in [3.8, 4) is 0 Å². The van der Waals surface area contributed by atoms with E-state index in [0.29, 0.717) is 17.5 Å². The van der Waals surface area contributed by atoms with Crippen LogP contribution >= 0.6 is 0 Å². The number of hydrogen-bond acceptors (Lipinski definition) is 2. The molecule has 4 atom stereocenters. The van der Waals surface area contributed by atoms with Gasteiger partial charge in [0.05, 0.1) is 0 Å². The standard InChI is InChI=1S/C17H22N2O/c20-11-19-13-5-6-15-16-9-12-3-1-2-4-14(12)17(15,10-13)7-8-18-16/h1-4,11,13,15-16,18H,5-10H2,(H,19,20)/t13-,15-,16+,17+/m0/s1. The highest BCUT2D eigenvalue weighted by Crippen LogP contribution is 2.53. The fraction of sp³-hybridized carbons (Fsp3) is 0.588. The number of amides is 1. The first-order valence-corrected chi connectivity index (χ1v) is 7.85. The highest BCUT2D eigenvalue weighted by atomic mass is 16.1. The van der Waals surface area contributed by atoms with Crippen molar-refractivity contribution in [2.45, 2.75) is 49.6 Å². The van der Waals surface area contributed by atoms with Crippen LogP contribution in [0.15, 0.2) is 24.3 Å². The van der Waals surface area contributed by atoms with Gasteiger partial charge in [-0.05, 0) is 55.7 Å². The Morgan fingerprint density at radius 2 is 2.20 bits per heavy atom. The van der Waals surface area contributed by atoms with Gasteiger partial charge < -0.3 is 10.6 Å². The fourth-order valence-corrected chi connectivity index (χ4v) is 5.17. The maximum atomic E-state index is 10.8. The summed E-state index contributed by atoms with van der Waals surface area (Å²) in [4.78, 5) is 10.8. The number of nitrogens with one attached hydrogen (secondary N) is 2. The van der Waals surface area contributed by atoms with Crippen molar-refractivity contribution in [1.29, 1.82) is 0 Å². The third-order valence-corrected chi connectivity index (χ3v) is 5.91. The van der Waals surface area contributed by atoms with Crippen molar-refractivity contribution in [3.05, 3.63) is 35.4 Å². The average Bonchev–Trinajstić information content (AvgIpc) is 2.47. The monoisotopic (exact) mass is 270 g/mol. The van der Waals surface area contributed by atoms with E-state index >= 15 is 0 Å². The molecule has 0 spiro atoms. The van der Waals surface area contributed by atoms with Crippen LogP contribution in [0.2, 0.25) is 0 Å². The topological polar surface area (TPSA) is 41.1 Å². The van der Waals surface area contributed by atoms with E-state index in [1.807, 2.05) is 0 Å². The second kappa shape index (κ2) is 4.59. The van der Waals surface area contributed by atoms with Crippen LogP contribution < -0.4 is 10.6 Å². The summed E-state index contributed by atoms with van der Waals surface area (Å²) in [6, 6.07) is 9.97. The van der Waals surface area contributed by atoms with Crippen LogP contribution in [0.1, 0.15) is 36.8 Å². The smallest absolute Gasteiger partial charge is 0.207 e. The number of fused-ring (bicyclic) bond motifs is 1. The quantitative estimate of drug-likeness (QED) is 0.804. The molecule has 1 aromatic rings. The molecule has 3 aliphatic rings. The van der Waals surface area contributed by atoms with E-state index in [1.165, 1.54) is 24.8 Å². The molecule has 2 aliphatic carbocycles. The second-order valence-corrected chi connectivity index (χ2v) is 6.70. The predicted molar refractivity (Wildman–Crippen MR) is 78.6 cm³/mol. The highest BCUT2D eigenvalue weighted by Gasteiger charge is 2.53. The lowest BCUT2D eigenvalue weighted by Gasteiger charge is -2.57. The molecule has 3 heteroatoms. The zero-order valence-electron chi connectivity index (χ0n) is 11.8. The van der Waals surface area contributed by atoms with E-state index in [0.717, 1.165) is 31.7 Å². The van der Waals surface area contributed by atoms with Crippen molar-refractivity contribution >= 4 is 6.41 Å². The molecule has 3 nitrogen and oxygen atoms in total. The van der Waals surface area contributed by atoms with Gasteiger partial charge in [0, 0.05) is 17.5 Å². The molecule has 1 amide bonds. The summed E-state index contributed by atoms with van der Waals surface area (Å²) in [5.74, 6) is 0.746. The van der Waals surface area contributed by atoms with Crippen molar-refractivity contribution in [3.63, 3.8) is 0 Å². The Morgan fingerprint density at radius 3 is 3.10 bits per heavy atom. The van der Waals surface area contributed by atoms with Gasteiger partial charge in [0.1, 0.15) is 0 Å². The van der Waals surface area contributed by atoms with Gasteiger partial charge in [0.25, 0.3) is 0 Å². The molecule has 1 aromatic carbocycles. The summed E-state index contributed by atoms with van der Waals surface area (Å²) in [6.45, 7) is 1.11. The van der Waals surface area contributed by atoms with Gasteiger partial charge in [-0.1, -0.05) is 24.3 Å². The largest absolute Gasteiger partial charge is 0.356 e. The molecule has 0 aromatic heterocycles. The lowest BCUT2D eigenvalue weighted by molar-refractivity contribution is -0.110. The number of piperidine rings is 1. The Balaban J connectivity index is 1.79. The van der Waals surface area contributed by atoms with Crippen LogP contribution in [-0.4, -0.2) is 25.0 Å². The van der Waals surface area contributed by atoms with E-state index in [2.05, 4.69) is 34.9 Å². The maximum Gasteiger partial charge on any atom is 0.207 e. The van der Waals surface area contributed by atoms with E-state index in [-0.39, 0.29) is 0 Å². The van der Waals surface area contributed by atoms with Crippen molar-refractivity contribution in [2.24, 2.45) is 5.92 Å². The second-order valence-electron chi connectivity index (χ2n) is 6.70. The molecule has 1 saturated heterocycles. The van der Waals surface area contributed by atoms with E-state index in [9.17, 15) is 4.79 Å². The molecule has 2 fully saturated rings. The molecule has 2 bridgehead atoms. The molecule has 1 heterocycles. The number of hydrogen-bond donors (Lipinski definition) is 2. The maximum absolute atomic E-state index is 10.8. The fourth-order valence-electron chi connectivity index (χ4n) is 5.17. The van der Waals surface area contributed by atoms with Gasteiger partial charge in [0.2, 0.25) is 6.41 Å². The van der Waals surface area contributed by atoms with Crippen LogP contribution in [0, 0.1) is 5.92 Å². The van der Waals surface area contributed by atoms with Gasteiger partial charge in [0.15, 0.2) is 0 Å². The van der Waals surface area contributed by atoms with Gasteiger partial charge in [-0.3, -0.25) is 4.79 Å². The Hall–Kier alpha value is -1.35. The van der Waals surface area contributed by atoms with E-state index < -0.39 is 0 Å². The van der Waals surface area contributed by atoms with Crippen molar-refractivity contribution in [2.75, 3.05) is 6.54 Å². The Morgan fingerprint density at radius 1 is 1.30 bits per heavy atom. The Labute approximate surface area is 120 Å². The predicted octanol–water partition coefficient (Wildman–Crippen LogP) is 1.76. The van der Waals surface area contributed by atoms with Crippen LogP contribution in [0.5, 0.6) is 0 Å². The van der Waals surface area contributed by atoms with Gasteiger partial charge in [-0.15, -0.1) is 0 Å². The lowest BCUT2D eigenvalue weighted by Crippen LogP contribution is -2.62. The number of carbonyl (C=O) groups is 1. The molecule has 106 valence electrons. The summed E-state index contributed by atoms with van der Waals surface area (Å²) in [6.07, 6.45) is 6.75. The zero-order chi connectivity index (χ0) is 13.6. The molecule has 4 rings (SSSR count). The summed E-state index contributed by atoms with van der Waals surface area (Å²) in [5.41, 5.74) is 3.39. The van der Waals surface area contributed by atoms with E-state index in [4.69, 9.17) is 0 Å². The molecule has 1 aliphatic heterocycles. The van der Waals surface area contributed by atoms with Crippen LogP contribution in [-0.2, 0) is 16.6 Å². The first-order valence-electron chi connectivity index (χ1n) is 7.85. The molecule has 0 unspecified atom stereocenters. The molecular formula is C17H22N2O. The zero-order valence-corrected chi connectivity index (χ0v) is 11.8. The van der Waals surface area contributed by atoms with Gasteiger partial charge in [-0.25, -0.2) is 0 Å². The molecule has 0 radical (unpaired) electrons. The minimum absolute atomic E-state index is 0.295. The third kappa shape index (κ3) is 1.65. The summed E-state index contributed by atoms with van der Waals surface area (Å²) in [7, 11) is 0. The van der Waals surface area contributed by atoms with Crippen LogP contribution in [0.25, 0.3) is 0 Å². The average molecular weight is 270 g/mol. The normalized spacial score (nSPS) is 38.5. The molecule has 20 heavy (non-hydrogen) atoms. The van der Waals surface area contributed by atoms with Crippen molar-refractivity contribution < 1.29 is 4.79 Å². The first kappa shape index (κ1) is 12.4. The Kier molecular flexibility index (Phi) is 2.84. The highest BCUT2D eigenvalue weighted by molar-refractivity contribution is 5.47. The summed E-state index contributed by atoms with van der Waals surface area (Å²) >= 11 is 0. The number of benzene rings is 1. The Bertz CT molecular complexity index is 529. The first-order chi connectivity index (χ1) is 9.83. The van der Waals surface area contributed by atoms with Crippen LogP contribution in [0.4, 0.5) is 0 Å². The number of carbonyl (C=O) groups excluding carboxylic acids is 1. The number of rotatable bonds is 2. The third-order valence-electron chi connectivity index (χ3n) is 5.91.